The zero-order chi connectivity index (χ0) is 12.3. The van der Waals surface area contributed by atoms with E-state index in [0.717, 1.165) is 43.6 Å². The van der Waals surface area contributed by atoms with Crippen LogP contribution in [0.4, 0.5) is 5.13 Å². The zero-order valence-electron chi connectivity index (χ0n) is 10.7. The topological polar surface area (TPSA) is 75.4 Å². The number of aryl methyl sites for hydroxylation is 1. The van der Waals surface area contributed by atoms with Crippen LogP contribution < -0.4 is 10.6 Å². The van der Waals surface area contributed by atoms with Gasteiger partial charge in [0.05, 0.1) is 6.54 Å². The smallest absolute Gasteiger partial charge is 0.236 e. The van der Waals surface area contributed by atoms with E-state index in [9.17, 15) is 4.79 Å². The fraction of sp³-hybridized carbons (Fsp3) is 0.700. The molecule has 1 saturated heterocycles. The third-order valence-electron chi connectivity index (χ3n) is 2.85. The molecule has 0 bridgehead atoms. The highest BCUT2D eigenvalue weighted by Gasteiger charge is 2.22. The first-order valence-corrected chi connectivity index (χ1v) is 6.57. The maximum Gasteiger partial charge on any atom is 0.236 e. The lowest BCUT2D eigenvalue weighted by molar-refractivity contribution is -0.129. The van der Waals surface area contributed by atoms with E-state index in [1.54, 1.807) is 4.90 Å². The van der Waals surface area contributed by atoms with E-state index < -0.39 is 0 Å². The number of hydrogen-bond acceptors (Lipinski definition) is 6. The highest BCUT2D eigenvalue weighted by atomic mass is 35.5. The van der Waals surface area contributed by atoms with Crippen molar-refractivity contribution in [2.75, 3.05) is 37.6 Å². The minimum absolute atomic E-state index is 0. The highest BCUT2D eigenvalue weighted by molar-refractivity contribution is 7.09. The molecule has 2 N–H and O–H groups in total. The second kappa shape index (κ2) is 8.52. The molecular formula is C10H19Cl2N5OS. The first kappa shape index (κ1) is 18.4. The Kier molecular flexibility index (Phi) is 8.24. The molecule has 0 atom stereocenters. The highest BCUT2D eigenvalue weighted by Crippen LogP contribution is 2.19. The number of nitrogens with two attached hydrogens (primary N) is 1. The third-order valence-corrected chi connectivity index (χ3v) is 3.67. The third kappa shape index (κ3) is 4.45. The number of piperazine rings is 1. The number of nitrogens with zero attached hydrogens (tertiary/aromatic N) is 4. The molecule has 1 fully saturated rings. The number of carbonyl (C=O) groups excluding carboxylic acids is 1. The van der Waals surface area contributed by atoms with Gasteiger partial charge in [0, 0.05) is 44.1 Å². The summed E-state index contributed by atoms with van der Waals surface area (Å²) < 4.78 is 4.27. The van der Waals surface area contributed by atoms with Crippen molar-refractivity contribution in [3.8, 4) is 0 Å². The number of rotatable bonds is 3. The van der Waals surface area contributed by atoms with E-state index in [-0.39, 0.29) is 37.3 Å². The lowest BCUT2D eigenvalue weighted by Crippen LogP contribution is -2.50. The summed E-state index contributed by atoms with van der Waals surface area (Å²) in [4.78, 5) is 19.8. The predicted octanol–water partition coefficient (Wildman–Crippen LogP) is 0.551. The molecule has 19 heavy (non-hydrogen) atoms. The molecule has 0 spiro atoms. The van der Waals surface area contributed by atoms with E-state index in [2.05, 4.69) is 14.3 Å². The van der Waals surface area contributed by atoms with Gasteiger partial charge < -0.3 is 15.5 Å². The standard InChI is InChI=1S/C10H17N5OS.2ClH/c1-2-8-12-10(17-13-8)15-5-3-14(4-6-15)9(16)7-11;;/h2-7,11H2,1H3;2*1H. The van der Waals surface area contributed by atoms with Crippen LogP contribution in [0.1, 0.15) is 12.7 Å². The van der Waals surface area contributed by atoms with Gasteiger partial charge in [-0.05, 0) is 0 Å². The van der Waals surface area contributed by atoms with Gasteiger partial charge in [0.2, 0.25) is 11.0 Å². The van der Waals surface area contributed by atoms with Crippen molar-refractivity contribution in [2.24, 2.45) is 5.73 Å². The molecule has 1 aromatic heterocycles. The molecule has 9 heteroatoms. The Balaban J connectivity index is 0.00000162. The molecule has 0 radical (unpaired) electrons. The summed E-state index contributed by atoms with van der Waals surface area (Å²) in [7, 11) is 0. The molecule has 2 heterocycles. The normalized spacial score (nSPS) is 14.6. The van der Waals surface area contributed by atoms with Gasteiger partial charge in [0.1, 0.15) is 5.82 Å². The molecule has 0 saturated carbocycles. The second-order valence-electron chi connectivity index (χ2n) is 3.92. The summed E-state index contributed by atoms with van der Waals surface area (Å²) in [6.45, 7) is 5.20. The van der Waals surface area contributed by atoms with Crippen LogP contribution in [0, 0.1) is 0 Å². The van der Waals surface area contributed by atoms with Gasteiger partial charge in [-0.25, -0.2) is 4.98 Å². The first-order chi connectivity index (χ1) is 8.24. The van der Waals surface area contributed by atoms with Crippen molar-refractivity contribution in [3.05, 3.63) is 5.82 Å². The summed E-state index contributed by atoms with van der Waals surface area (Å²) >= 11 is 1.43. The fourth-order valence-electron chi connectivity index (χ4n) is 1.79. The van der Waals surface area contributed by atoms with Gasteiger partial charge in [0.25, 0.3) is 0 Å². The van der Waals surface area contributed by atoms with E-state index >= 15 is 0 Å². The minimum atomic E-state index is 0. The van der Waals surface area contributed by atoms with Gasteiger partial charge in [-0.2, -0.15) is 4.37 Å². The molecule has 0 aliphatic carbocycles. The molecule has 0 unspecified atom stereocenters. The molecule has 1 aliphatic heterocycles. The summed E-state index contributed by atoms with van der Waals surface area (Å²) in [5, 5.41) is 0.960. The Morgan fingerprint density at radius 1 is 1.32 bits per heavy atom. The van der Waals surface area contributed by atoms with Crippen LogP contribution in [0.3, 0.4) is 0 Å². The summed E-state index contributed by atoms with van der Waals surface area (Å²) in [5.41, 5.74) is 5.34. The summed E-state index contributed by atoms with van der Waals surface area (Å²) in [6.07, 6.45) is 0.863. The van der Waals surface area contributed by atoms with Gasteiger partial charge in [-0.3, -0.25) is 4.79 Å². The van der Waals surface area contributed by atoms with Crippen molar-refractivity contribution in [3.63, 3.8) is 0 Å². The summed E-state index contributed by atoms with van der Waals surface area (Å²) in [5.74, 6) is 0.918. The molecule has 2 rings (SSSR count). The van der Waals surface area contributed by atoms with Crippen molar-refractivity contribution >= 4 is 47.4 Å². The van der Waals surface area contributed by atoms with E-state index in [1.165, 1.54) is 11.5 Å². The Hall–Kier alpha value is -0.630. The van der Waals surface area contributed by atoms with Crippen molar-refractivity contribution in [1.29, 1.82) is 0 Å². The zero-order valence-corrected chi connectivity index (χ0v) is 13.2. The fourth-order valence-corrected chi connectivity index (χ4v) is 2.59. The van der Waals surface area contributed by atoms with Gasteiger partial charge in [0.15, 0.2) is 0 Å². The van der Waals surface area contributed by atoms with Crippen molar-refractivity contribution < 1.29 is 4.79 Å². The maximum absolute atomic E-state index is 11.4. The van der Waals surface area contributed by atoms with Crippen LogP contribution in [0.15, 0.2) is 0 Å². The number of aromatic nitrogens is 2. The number of amides is 1. The molecule has 0 aromatic carbocycles. The first-order valence-electron chi connectivity index (χ1n) is 5.80. The van der Waals surface area contributed by atoms with Crippen LogP contribution >= 0.6 is 36.3 Å². The van der Waals surface area contributed by atoms with Crippen LogP contribution in [0.2, 0.25) is 0 Å². The number of carbonyl (C=O) groups is 1. The quantitative estimate of drug-likeness (QED) is 0.877. The second-order valence-corrected chi connectivity index (χ2v) is 4.65. The number of anilines is 1. The minimum Gasteiger partial charge on any atom is -0.343 e. The van der Waals surface area contributed by atoms with E-state index in [4.69, 9.17) is 5.73 Å². The Morgan fingerprint density at radius 2 is 1.95 bits per heavy atom. The lowest BCUT2D eigenvalue weighted by Gasteiger charge is -2.34. The van der Waals surface area contributed by atoms with Gasteiger partial charge in [-0.1, -0.05) is 6.92 Å². The van der Waals surface area contributed by atoms with Crippen LogP contribution in [0.25, 0.3) is 0 Å². The summed E-state index contributed by atoms with van der Waals surface area (Å²) in [6, 6.07) is 0. The SMILES string of the molecule is CCc1nsc(N2CCN(C(=O)CN)CC2)n1.Cl.Cl. The average Bonchev–Trinajstić information content (AvgIpc) is 2.87. The maximum atomic E-state index is 11.4. The Morgan fingerprint density at radius 3 is 2.42 bits per heavy atom. The lowest BCUT2D eigenvalue weighted by atomic mass is 10.3. The molecule has 6 nitrogen and oxygen atoms in total. The largest absolute Gasteiger partial charge is 0.343 e. The Bertz CT molecular complexity index is 395. The molecule has 1 aliphatic rings. The number of hydrogen-bond donors (Lipinski definition) is 1. The van der Waals surface area contributed by atoms with Crippen LogP contribution in [-0.2, 0) is 11.2 Å². The van der Waals surface area contributed by atoms with Crippen LogP contribution in [-0.4, -0.2) is 52.9 Å². The predicted molar refractivity (Wildman–Crippen MR) is 81.6 cm³/mol. The monoisotopic (exact) mass is 327 g/mol. The van der Waals surface area contributed by atoms with Crippen molar-refractivity contribution in [1.82, 2.24) is 14.3 Å². The molecule has 1 aromatic rings. The molecule has 110 valence electrons. The number of halogens is 2. The van der Waals surface area contributed by atoms with E-state index in [1.807, 2.05) is 6.92 Å². The van der Waals surface area contributed by atoms with E-state index in [0.29, 0.717) is 0 Å². The molecule has 1 amide bonds. The Labute approximate surface area is 129 Å². The average molecular weight is 328 g/mol. The van der Waals surface area contributed by atoms with Gasteiger partial charge >= 0.3 is 0 Å². The molecular weight excluding hydrogens is 309 g/mol. The van der Waals surface area contributed by atoms with Gasteiger partial charge in [-0.15, -0.1) is 24.8 Å². The van der Waals surface area contributed by atoms with Crippen molar-refractivity contribution in [2.45, 2.75) is 13.3 Å². The van der Waals surface area contributed by atoms with Crippen LogP contribution in [0.5, 0.6) is 0 Å².